The minimum atomic E-state index is -4.46. The molecule has 0 saturated heterocycles. The summed E-state index contributed by atoms with van der Waals surface area (Å²) in [5.74, 6) is -0.499. The highest BCUT2D eigenvalue weighted by molar-refractivity contribution is 5.89. The highest BCUT2D eigenvalue weighted by Crippen LogP contribution is 2.12. The van der Waals surface area contributed by atoms with Crippen molar-refractivity contribution in [3.8, 4) is 0 Å². The van der Waals surface area contributed by atoms with Gasteiger partial charge in [-0.05, 0) is 24.3 Å². The van der Waals surface area contributed by atoms with Crippen molar-refractivity contribution in [2.24, 2.45) is 0 Å². The summed E-state index contributed by atoms with van der Waals surface area (Å²) in [5.41, 5.74) is 0.209. The van der Waals surface area contributed by atoms with Crippen LogP contribution in [0.2, 0.25) is 0 Å². The number of carbonyl (C=O) groups is 1. The molecule has 7 heteroatoms. The third kappa shape index (κ3) is 4.63. The van der Waals surface area contributed by atoms with Gasteiger partial charge in [-0.2, -0.15) is 13.2 Å². The molecule has 0 aromatic heterocycles. The first-order chi connectivity index (χ1) is 7.37. The average Bonchev–Trinajstić information content (AvgIpc) is 2.18. The molecule has 0 aliphatic carbocycles. The van der Waals surface area contributed by atoms with Crippen LogP contribution in [0.25, 0.3) is 0 Å². The van der Waals surface area contributed by atoms with Gasteiger partial charge in [-0.1, -0.05) is 0 Å². The van der Waals surface area contributed by atoms with Crippen molar-refractivity contribution in [2.75, 3.05) is 11.9 Å². The SMILES string of the molecule is O=C(NCC(F)(F)F)Nc1ccc(F)cc1. The second-order valence-corrected chi connectivity index (χ2v) is 2.93. The van der Waals surface area contributed by atoms with Gasteiger partial charge < -0.3 is 10.6 Å². The molecule has 0 aliphatic heterocycles. The average molecular weight is 236 g/mol. The lowest BCUT2D eigenvalue weighted by Gasteiger charge is -2.09. The molecule has 0 radical (unpaired) electrons. The van der Waals surface area contributed by atoms with Gasteiger partial charge in [0.1, 0.15) is 12.4 Å². The van der Waals surface area contributed by atoms with E-state index in [2.05, 4.69) is 5.32 Å². The van der Waals surface area contributed by atoms with Gasteiger partial charge in [0, 0.05) is 5.69 Å². The molecule has 1 aromatic rings. The number of hydrogen-bond donors (Lipinski definition) is 2. The van der Waals surface area contributed by atoms with Gasteiger partial charge >= 0.3 is 12.2 Å². The van der Waals surface area contributed by atoms with E-state index in [9.17, 15) is 22.4 Å². The molecular formula is C9H8F4N2O. The van der Waals surface area contributed by atoms with Crippen molar-refractivity contribution in [3.05, 3.63) is 30.1 Å². The molecule has 16 heavy (non-hydrogen) atoms. The third-order valence-corrected chi connectivity index (χ3v) is 1.55. The normalized spacial score (nSPS) is 11.0. The molecule has 2 N–H and O–H groups in total. The predicted octanol–water partition coefficient (Wildman–Crippen LogP) is 2.51. The van der Waals surface area contributed by atoms with E-state index >= 15 is 0 Å². The first kappa shape index (κ1) is 12.3. The standard InChI is InChI=1S/C9H8F4N2O/c10-6-1-3-7(4-2-6)15-8(16)14-5-9(11,12)13/h1-4H,5H2,(H2,14,15,16). The van der Waals surface area contributed by atoms with Crippen LogP contribution < -0.4 is 10.6 Å². The van der Waals surface area contributed by atoms with E-state index in [1.54, 1.807) is 5.32 Å². The van der Waals surface area contributed by atoms with E-state index in [0.29, 0.717) is 0 Å². The van der Waals surface area contributed by atoms with Gasteiger partial charge in [-0.15, -0.1) is 0 Å². The van der Waals surface area contributed by atoms with Crippen LogP contribution in [0.15, 0.2) is 24.3 Å². The highest BCUT2D eigenvalue weighted by Gasteiger charge is 2.27. The number of alkyl halides is 3. The molecule has 0 spiro atoms. The van der Waals surface area contributed by atoms with Crippen LogP contribution in [0.5, 0.6) is 0 Å². The lowest BCUT2D eigenvalue weighted by molar-refractivity contribution is -0.122. The number of amides is 2. The maximum absolute atomic E-state index is 12.5. The number of carbonyl (C=O) groups excluding carboxylic acids is 1. The summed E-state index contributed by atoms with van der Waals surface area (Å²) in [6, 6.07) is 3.65. The van der Waals surface area contributed by atoms with Gasteiger partial charge in [0.05, 0.1) is 0 Å². The number of rotatable bonds is 2. The number of benzene rings is 1. The van der Waals surface area contributed by atoms with Crippen LogP contribution in [0.4, 0.5) is 28.0 Å². The Bertz CT molecular complexity index is 361. The summed E-state index contributed by atoms with van der Waals surface area (Å²) in [7, 11) is 0. The summed E-state index contributed by atoms with van der Waals surface area (Å²) in [6.07, 6.45) is -4.46. The Balaban J connectivity index is 2.43. The van der Waals surface area contributed by atoms with Gasteiger partial charge in [0.2, 0.25) is 0 Å². The van der Waals surface area contributed by atoms with E-state index in [1.165, 1.54) is 12.1 Å². The molecule has 3 nitrogen and oxygen atoms in total. The van der Waals surface area contributed by atoms with E-state index in [1.807, 2.05) is 0 Å². The largest absolute Gasteiger partial charge is 0.405 e. The monoisotopic (exact) mass is 236 g/mol. The Morgan fingerprint density at radius 1 is 1.19 bits per heavy atom. The molecular weight excluding hydrogens is 228 g/mol. The smallest absolute Gasteiger partial charge is 0.329 e. The van der Waals surface area contributed by atoms with Gasteiger partial charge in [-0.3, -0.25) is 0 Å². The summed E-state index contributed by atoms with van der Waals surface area (Å²) < 4.78 is 47.6. The van der Waals surface area contributed by atoms with E-state index in [4.69, 9.17) is 0 Å². The van der Waals surface area contributed by atoms with Crippen molar-refractivity contribution in [3.63, 3.8) is 0 Å². The zero-order valence-corrected chi connectivity index (χ0v) is 7.94. The number of hydrogen-bond acceptors (Lipinski definition) is 1. The second kappa shape index (κ2) is 4.82. The summed E-state index contributed by atoms with van der Waals surface area (Å²) in [5, 5.41) is 3.74. The van der Waals surface area contributed by atoms with Gasteiger partial charge in [0.25, 0.3) is 0 Å². The quantitative estimate of drug-likeness (QED) is 0.761. The highest BCUT2D eigenvalue weighted by atomic mass is 19.4. The van der Waals surface area contributed by atoms with Crippen LogP contribution in [-0.2, 0) is 0 Å². The molecule has 0 saturated carbocycles. The first-order valence-corrected chi connectivity index (χ1v) is 4.24. The zero-order chi connectivity index (χ0) is 12.2. The lowest BCUT2D eigenvalue weighted by atomic mass is 10.3. The van der Waals surface area contributed by atoms with E-state index in [0.717, 1.165) is 12.1 Å². The summed E-state index contributed by atoms with van der Waals surface area (Å²) in [6.45, 7) is -1.42. The molecule has 2 amide bonds. The maximum Gasteiger partial charge on any atom is 0.405 e. The third-order valence-electron chi connectivity index (χ3n) is 1.55. The minimum Gasteiger partial charge on any atom is -0.329 e. The molecule has 0 unspecified atom stereocenters. The molecule has 1 rings (SSSR count). The van der Waals surface area contributed by atoms with Crippen molar-refractivity contribution >= 4 is 11.7 Å². The Morgan fingerprint density at radius 3 is 2.25 bits per heavy atom. The number of nitrogens with one attached hydrogen (secondary N) is 2. The van der Waals surface area contributed by atoms with Gasteiger partial charge in [0.15, 0.2) is 0 Å². The van der Waals surface area contributed by atoms with Crippen LogP contribution in [-0.4, -0.2) is 18.8 Å². The fraction of sp³-hybridized carbons (Fsp3) is 0.222. The van der Waals surface area contributed by atoms with Crippen molar-refractivity contribution in [2.45, 2.75) is 6.18 Å². The molecule has 0 bridgehead atoms. The Labute approximate surface area is 88.4 Å². The fourth-order valence-corrected chi connectivity index (χ4v) is 0.889. The lowest BCUT2D eigenvalue weighted by Crippen LogP contribution is -2.36. The second-order valence-electron chi connectivity index (χ2n) is 2.93. The first-order valence-electron chi connectivity index (χ1n) is 4.24. The Morgan fingerprint density at radius 2 is 1.75 bits per heavy atom. The number of urea groups is 1. The summed E-state index contributed by atoms with van der Waals surface area (Å²) in [4.78, 5) is 10.9. The van der Waals surface area contributed by atoms with E-state index < -0.39 is 24.6 Å². The minimum absolute atomic E-state index is 0.209. The maximum atomic E-state index is 12.5. The molecule has 1 aromatic carbocycles. The molecule has 0 heterocycles. The van der Waals surface area contributed by atoms with Gasteiger partial charge in [-0.25, -0.2) is 9.18 Å². The molecule has 0 fully saturated rings. The topological polar surface area (TPSA) is 41.1 Å². The summed E-state index contributed by atoms with van der Waals surface area (Å²) >= 11 is 0. The van der Waals surface area contributed by atoms with Crippen LogP contribution in [0.1, 0.15) is 0 Å². The van der Waals surface area contributed by atoms with Crippen LogP contribution >= 0.6 is 0 Å². The zero-order valence-electron chi connectivity index (χ0n) is 7.94. The number of halogens is 4. The fourth-order valence-electron chi connectivity index (χ4n) is 0.889. The van der Waals surface area contributed by atoms with Crippen LogP contribution in [0.3, 0.4) is 0 Å². The van der Waals surface area contributed by atoms with Crippen molar-refractivity contribution in [1.29, 1.82) is 0 Å². The Hall–Kier alpha value is -1.79. The Kier molecular flexibility index (Phi) is 3.70. The van der Waals surface area contributed by atoms with Crippen molar-refractivity contribution < 1.29 is 22.4 Å². The molecule has 0 aliphatic rings. The predicted molar refractivity (Wildman–Crippen MR) is 49.5 cm³/mol. The molecule has 88 valence electrons. The molecule has 0 atom stereocenters. The van der Waals surface area contributed by atoms with Crippen molar-refractivity contribution in [1.82, 2.24) is 5.32 Å². The van der Waals surface area contributed by atoms with Crippen LogP contribution in [0, 0.1) is 5.82 Å². The van der Waals surface area contributed by atoms with E-state index in [-0.39, 0.29) is 5.69 Å². The number of anilines is 1.